The summed E-state index contributed by atoms with van der Waals surface area (Å²) in [4.78, 5) is 7.91. The van der Waals surface area contributed by atoms with E-state index in [0.29, 0.717) is 16.1 Å². The van der Waals surface area contributed by atoms with E-state index in [0.717, 1.165) is 10.9 Å². The number of aromatic nitrogens is 4. The normalized spacial score (nSPS) is 10.6. The van der Waals surface area contributed by atoms with Crippen LogP contribution in [0.25, 0.3) is 10.9 Å². The summed E-state index contributed by atoms with van der Waals surface area (Å²) in [6.45, 7) is 0. The fourth-order valence-electron chi connectivity index (χ4n) is 1.47. The number of halogens is 1. The molecule has 0 amide bonds. The van der Waals surface area contributed by atoms with Gasteiger partial charge in [-0.25, -0.2) is 9.97 Å². The smallest absolute Gasteiger partial charge is 0.236 e. The lowest BCUT2D eigenvalue weighted by Crippen LogP contribution is -1.89. The number of fused-ring (bicyclic) bond motifs is 1. The van der Waals surface area contributed by atoms with Crippen LogP contribution in [0.3, 0.4) is 0 Å². The van der Waals surface area contributed by atoms with Gasteiger partial charge in [-0.05, 0) is 28.1 Å². The summed E-state index contributed by atoms with van der Waals surface area (Å²) in [6, 6.07) is 5.67. The number of hydrogen-bond donors (Lipinski definition) is 1. The number of rotatable bonds is 2. The van der Waals surface area contributed by atoms with E-state index >= 15 is 0 Å². The van der Waals surface area contributed by atoms with E-state index in [1.165, 1.54) is 6.33 Å². The van der Waals surface area contributed by atoms with E-state index in [1.54, 1.807) is 12.4 Å². The Morgan fingerprint density at radius 2 is 2.18 bits per heavy atom. The maximum absolute atomic E-state index is 5.64. The largest absolute Gasteiger partial charge is 0.438 e. The number of hydrogen-bond acceptors (Lipinski definition) is 4. The van der Waals surface area contributed by atoms with Crippen molar-refractivity contribution in [3.05, 3.63) is 41.4 Å². The van der Waals surface area contributed by atoms with Crippen LogP contribution in [0, 0.1) is 0 Å². The summed E-state index contributed by atoms with van der Waals surface area (Å²) < 4.78 is 6.35. The van der Waals surface area contributed by atoms with E-state index < -0.39 is 0 Å². The van der Waals surface area contributed by atoms with E-state index in [1.807, 2.05) is 18.2 Å². The molecule has 1 aromatic carbocycles. The van der Waals surface area contributed by atoms with Gasteiger partial charge in [0.25, 0.3) is 0 Å². The van der Waals surface area contributed by atoms with Crippen LogP contribution in [-0.4, -0.2) is 20.2 Å². The third kappa shape index (κ3) is 1.99. The van der Waals surface area contributed by atoms with Crippen molar-refractivity contribution in [2.75, 3.05) is 0 Å². The molecule has 5 nitrogen and oxygen atoms in total. The zero-order chi connectivity index (χ0) is 11.7. The first kappa shape index (κ1) is 10.2. The van der Waals surface area contributed by atoms with Crippen molar-refractivity contribution >= 4 is 26.8 Å². The molecule has 2 aromatic heterocycles. The van der Waals surface area contributed by atoms with Crippen molar-refractivity contribution < 1.29 is 4.74 Å². The standard InChI is InChI=1S/C11H7BrN4O/c12-9-5-13-6-14-11(9)17-8-2-1-7-4-15-16-10(7)3-8/h1-6H,(H,15,16). The van der Waals surface area contributed by atoms with Gasteiger partial charge in [-0.3, -0.25) is 5.10 Å². The lowest BCUT2D eigenvalue weighted by molar-refractivity contribution is 0.458. The molecule has 0 fully saturated rings. The molecule has 3 rings (SSSR count). The van der Waals surface area contributed by atoms with Gasteiger partial charge >= 0.3 is 0 Å². The van der Waals surface area contributed by atoms with Crippen molar-refractivity contribution in [3.63, 3.8) is 0 Å². The molecule has 0 aliphatic heterocycles. The van der Waals surface area contributed by atoms with Gasteiger partial charge in [-0.2, -0.15) is 5.10 Å². The molecule has 1 N–H and O–H groups in total. The van der Waals surface area contributed by atoms with Crippen molar-refractivity contribution in [2.45, 2.75) is 0 Å². The van der Waals surface area contributed by atoms with Crippen LogP contribution in [0.5, 0.6) is 11.6 Å². The number of nitrogens with one attached hydrogen (secondary N) is 1. The zero-order valence-corrected chi connectivity index (χ0v) is 10.2. The van der Waals surface area contributed by atoms with Gasteiger partial charge in [0, 0.05) is 17.6 Å². The Morgan fingerprint density at radius 3 is 3.06 bits per heavy atom. The van der Waals surface area contributed by atoms with Crippen molar-refractivity contribution in [1.29, 1.82) is 0 Å². The number of benzene rings is 1. The van der Waals surface area contributed by atoms with Gasteiger partial charge in [0.15, 0.2) is 0 Å². The van der Waals surface area contributed by atoms with E-state index in [2.05, 4.69) is 36.1 Å². The van der Waals surface area contributed by atoms with Gasteiger partial charge in [-0.1, -0.05) is 0 Å². The average Bonchev–Trinajstić information content (AvgIpc) is 2.79. The molecule has 6 heteroatoms. The highest BCUT2D eigenvalue weighted by Crippen LogP contribution is 2.27. The summed E-state index contributed by atoms with van der Waals surface area (Å²) in [6.07, 6.45) is 4.84. The quantitative estimate of drug-likeness (QED) is 0.788. The minimum absolute atomic E-state index is 0.485. The zero-order valence-electron chi connectivity index (χ0n) is 8.59. The molecule has 0 radical (unpaired) electrons. The number of ether oxygens (including phenoxy) is 1. The lowest BCUT2D eigenvalue weighted by Gasteiger charge is -2.05. The van der Waals surface area contributed by atoms with Crippen molar-refractivity contribution in [3.8, 4) is 11.6 Å². The molecular weight excluding hydrogens is 284 g/mol. The summed E-state index contributed by atoms with van der Waals surface area (Å²) in [5.41, 5.74) is 0.924. The molecule has 0 atom stereocenters. The van der Waals surface area contributed by atoms with E-state index in [9.17, 15) is 0 Å². The number of nitrogens with zero attached hydrogens (tertiary/aromatic N) is 3. The maximum atomic E-state index is 5.64. The van der Waals surface area contributed by atoms with Crippen LogP contribution in [0.15, 0.2) is 41.4 Å². The Labute approximate surface area is 105 Å². The fraction of sp³-hybridized carbons (Fsp3) is 0. The van der Waals surface area contributed by atoms with Gasteiger partial charge in [-0.15, -0.1) is 0 Å². The molecule has 0 aliphatic carbocycles. The maximum Gasteiger partial charge on any atom is 0.236 e. The Balaban J connectivity index is 1.97. The second kappa shape index (κ2) is 4.14. The molecule has 0 unspecified atom stereocenters. The van der Waals surface area contributed by atoms with Crippen molar-refractivity contribution in [2.24, 2.45) is 0 Å². The summed E-state index contributed by atoms with van der Waals surface area (Å²) in [7, 11) is 0. The van der Waals surface area contributed by atoms with E-state index in [-0.39, 0.29) is 0 Å². The minimum atomic E-state index is 0.485. The molecule has 0 bridgehead atoms. The number of H-pyrrole nitrogens is 1. The Kier molecular flexibility index (Phi) is 2.49. The summed E-state index contributed by atoms with van der Waals surface area (Å²) in [5, 5.41) is 7.88. The second-order valence-corrected chi connectivity index (χ2v) is 4.25. The average molecular weight is 291 g/mol. The van der Waals surface area contributed by atoms with Crippen LogP contribution in [-0.2, 0) is 0 Å². The fourth-order valence-corrected chi connectivity index (χ4v) is 1.77. The van der Waals surface area contributed by atoms with Gasteiger partial charge < -0.3 is 4.74 Å². The van der Waals surface area contributed by atoms with Crippen LogP contribution in [0.4, 0.5) is 0 Å². The SMILES string of the molecule is Brc1cncnc1Oc1ccc2cn[nH]c2c1. The predicted octanol–water partition coefficient (Wildman–Crippen LogP) is 2.91. The second-order valence-electron chi connectivity index (χ2n) is 3.40. The molecule has 17 heavy (non-hydrogen) atoms. The molecule has 0 aliphatic rings. The summed E-state index contributed by atoms with van der Waals surface area (Å²) >= 11 is 3.33. The Morgan fingerprint density at radius 1 is 1.24 bits per heavy atom. The van der Waals surface area contributed by atoms with E-state index in [4.69, 9.17) is 4.74 Å². The monoisotopic (exact) mass is 290 g/mol. The van der Waals surface area contributed by atoms with Crippen LogP contribution >= 0.6 is 15.9 Å². The molecule has 3 aromatic rings. The first-order valence-corrected chi connectivity index (χ1v) is 5.69. The first-order chi connectivity index (χ1) is 8.33. The molecule has 84 valence electrons. The van der Waals surface area contributed by atoms with Gasteiger partial charge in [0.1, 0.15) is 12.1 Å². The molecule has 0 saturated heterocycles. The Bertz CT molecular complexity index is 667. The Hall–Kier alpha value is -1.95. The predicted molar refractivity (Wildman–Crippen MR) is 65.9 cm³/mol. The highest BCUT2D eigenvalue weighted by atomic mass is 79.9. The van der Waals surface area contributed by atoms with Crippen LogP contribution in [0.2, 0.25) is 0 Å². The molecular formula is C11H7BrN4O. The summed E-state index contributed by atoms with van der Waals surface area (Å²) in [5.74, 6) is 1.18. The number of aromatic amines is 1. The van der Waals surface area contributed by atoms with Crippen LogP contribution in [0.1, 0.15) is 0 Å². The van der Waals surface area contributed by atoms with Gasteiger partial charge in [0.05, 0.1) is 16.2 Å². The molecule has 0 saturated carbocycles. The van der Waals surface area contributed by atoms with Gasteiger partial charge in [0.2, 0.25) is 5.88 Å². The molecule has 0 spiro atoms. The highest BCUT2D eigenvalue weighted by Gasteiger charge is 2.05. The minimum Gasteiger partial charge on any atom is -0.438 e. The van der Waals surface area contributed by atoms with Crippen molar-refractivity contribution in [1.82, 2.24) is 20.2 Å². The topological polar surface area (TPSA) is 63.7 Å². The third-order valence-electron chi connectivity index (χ3n) is 2.26. The molecule has 2 heterocycles. The third-order valence-corrected chi connectivity index (χ3v) is 2.81. The lowest BCUT2D eigenvalue weighted by atomic mass is 10.2. The first-order valence-electron chi connectivity index (χ1n) is 4.89. The highest BCUT2D eigenvalue weighted by molar-refractivity contribution is 9.10. The van der Waals surface area contributed by atoms with Crippen LogP contribution < -0.4 is 4.74 Å².